The van der Waals surface area contributed by atoms with Crippen molar-refractivity contribution < 1.29 is 14.6 Å². The molecule has 1 saturated heterocycles. The van der Waals surface area contributed by atoms with E-state index in [0.717, 1.165) is 12.8 Å². The lowest BCUT2D eigenvalue weighted by atomic mass is 9.85. The average molecular weight is 377 g/mol. The first-order chi connectivity index (χ1) is 13.0. The SMILES string of the molecule is CC(C)(C(=O)O)c1cnc(NC2CCCCCCC2)nc1N1CCOCC1. The predicted octanol–water partition coefficient (Wildman–Crippen LogP) is 3.20. The summed E-state index contributed by atoms with van der Waals surface area (Å²) >= 11 is 0. The van der Waals surface area contributed by atoms with Crippen LogP contribution in [0.4, 0.5) is 11.8 Å². The molecule has 0 unspecified atom stereocenters. The molecule has 2 heterocycles. The third-order valence-corrected chi connectivity index (χ3v) is 5.73. The van der Waals surface area contributed by atoms with Crippen molar-refractivity contribution in [1.82, 2.24) is 9.97 Å². The third kappa shape index (κ3) is 4.89. The summed E-state index contributed by atoms with van der Waals surface area (Å²) in [6, 6.07) is 0.390. The van der Waals surface area contributed by atoms with Gasteiger partial charge >= 0.3 is 5.97 Å². The predicted molar refractivity (Wildman–Crippen MR) is 105 cm³/mol. The van der Waals surface area contributed by atoms with Crippen LogP contribution in [0.5, 0.6) is 0 Å². The van der Waals surface area contributed by atoms with Crippen molar-refractivity contribution in [3.05, 3.63) is 11.8 Å². The van der Waals surface area contributed by atoms with Gasteiger partial charge in [0, 0.05) is 30.9 Å². The average Bonchev–Trinajstić information content (AvgIpc) is 2.64. The highest BCUT2D eigenvalue weighted by atomic mass is 16.5. The lowest BCUT2D eigenvalue weighted by molar-refractivity contribution is -0.142. The first kappa shape index (κ1) is 19.9. The number of morpholine rings is 1. The molecule has 3 rings (SSSR count). The number of hydrogen-bond acceptors (Lipinski definition) is 6. The van der Waals surface area contributed by atoms with Crippen LogP contribution in [0, 0.1) is 0 Å². The zero-order valence-corrected chi connectivity index (χ0v) is 16.5. The fourth-order valence-corrected chi connectivity index (χ4v) is 3.80. The van der Waals surface area contributed by atoms with Gasteiger partial charge in [0.05, 0.1) is 18.6 Å². The molecule has 1 saturated carbocycles. The second-order valence-corrected chi connectivity index (χ2v) is 8.15. The normalized spacial score (nSPS) is 20.0. The lowest BCUT2D eigenvalue weighted by Crippen LogP contribution is -2.40. The van der Waals surface area contributed by atoms with Crippen LogP contribution >= 0.6 is 0 Å². The minimum absolute atomic E-state index is 0.390. The molecule has 2 aliphatic rings. The van der Waals surface area contributed by atoms with Gasteiger partial charge in [-0.25, -0.2) is 4.98 Å². The maximum Gasteiger partial charge on any atom is 0.313 e. The number of rotatable bonds is 5. The van der Waals surface area contributed by atoms with Crippen LogP contribution in [0.25, 0.3) is 0 Å². The van der Waals surface area contributed by atoms with E-state index in [-0.39, 0.29) is 0 Å². The van der Waals surface area contributed by atoms with Gasteiger partial charge in [-0.15, -0.1) is 0 Å². The van der Waals surface area contributed by atoms with E-state index in [1.165, 1.54) is 32.1 Å². The molecule has 0 atom stereocenters. The fourth-order valence-electron chi connectivity index (χ4n) is 3.80. The van der Waals surface area contributed by atoms with E-state index in [4.69, 9.17) is 9.72 Å². The quantitative estimate of drug-likeness (QED) is 0.816. The number of aliphatic carboxylic acids is 1. The molecule has 2 N–H and O–H groups in total. The highest BCUT2D eigenvalue weighted by Gasteiger charge is 2.35. The standard InChI is InChI=1S/C20H32N4O3/c1-20(2,18(25)26)16-14-21-19(22-15-8-6-4-3-5-7-9-15)23-17(16)24-10-12-27-13-11-24/h14-15H,3-13H2,1-2H3,(H,25,26)(H,21,22,23). The largest absolute Gasteiger partial charge is 0.481 e. The van der Waals surface area contributed by atoms with E-state index in [1.54, 1.807) is 20.0 Å². The van der Waals surface area contributed by atoms with Crippen molar-refractivity contribution in [1.29, 1.82) is 0 Å². The topological polar surface area (TPSA) is 87.6 Å². The number of ether oxygens (including phenoxy) is 1. The Morgan fingerprint density at radius 3 is 2.44 bits per heavy atom. The minimum atomic E-state index is -1.05. The minimum Gasteiger partial charge on any atom is -0.481 e. The van der Waals surface area contributed by atoms with Gasteiger partial charge in [0.2, 0.25) is 5.95 Å². The summed E-state index contributed by atoms with van der Waals surface area (Å²) in [6.45, 7) is 6.09. The smallest absolute Gasteiger partial charge is 0.313 e. The Morgan fingerprint density at radius 2 is 1.81 bits per heavy atom. The number of carboxylic acid groups (broad SMARTS) is 1. The molecule has 1 aromatic heterocycles. The maximum atomic E-state index is 11.8. The Balaban J connectivity index is 1.86. The molecular weight excluding hydrogens is 344 g/mol. The van der Waals surface area contributed by atoms with Crippen molar-refractivity contribution >= 4 is 17.7 Å². The second-order valence-electron chi connectivity index (χ2n) is 8.15. The fraction of sp³-hybridized carbons (Fsp3) is 0.750. The molecular formula is C20H32N4O3. The second kappa shape index (κ2) is 8.87. The number of nitrogens with one attached hydrogen (secondary N) is 1. The lowest BCUT2D eigenvalue weighted by Gasteiger charge is -2.33. The van der Waals surface area contributed by atoms with Gasteiger partial charge in [0.15, 0.2) is 0 Å². The molecule has 1 aromatic rings. The molecule has 1 aliphatic carbocycles. The number of aromatic nitrogens is 2. The third-order valence-electron chi connectivity index (χ3n) is 5.73. The first-order valence-electron chi connectivity index (χ1n) is 10.2. The number of carbonyl (C=O) groups is 1. The molecule has 27 heavy (non-hydrogen) atoms. The molecule has 0 spiro atoms. The van der Waals surface area contributed by atoms with Gasteiger partial charge in [0.25, 0.3) is 0 Å². The summed E-state index contributed by atoms with van der Waals surface area (Å²) in [7, 11) is 0. The van der Waals surface area contributed by atoms with Crippen LogP contribution < -0.4 is 10.2 Å². The van der Waals surface area contributed by atoms with Crippen LogP contribution in [-0.4, -0.2) is 53.4 Å². The number of carboxylic acids is 1. The Kier molecular flexibility index (Phi) is 6.52. The summed E-state index contributed by atoms with van der Waals surface area (Å²) in [6.07, 6.45) is 10.4. The van der Waals surface area contributed by atoms with Crippen molar-refractivity contribution in [3.8, 4) is 0 Å². The zero-order valence-electron chi connectivity index (χ0n) is 16.5. The Hall–Kier alpha value is -1.89. The molecule has 1 aliphatic heterocycles. The van der Waals surface area contributed by atoms with E-state index >= 15 is 0 Å². The van der Waals surface area contributed by atoms with Crippen LogP contribution in [-0.2, 0) is 14.9 Å². The van der Waals surface area contributed by atoms with Gasteiger partial charge < -0.3 is 20.1 Å². The highest BCUT2D eigenvalue weighted by molar-refractivity contribution is 5.82. The van der Waals surface area contributed by atoms with Crippen molar-refractivity contribution in [2.45, 2.75) is 70.3 Å². The summed E-state index contributed by atoms with van der Waals surface area (Å²) < 4.78 is 5.45. The van der Waals surface area contributed by atoms with Crippen LogP contribution in [0.15, 0.2) is 6.20 Å². The molecule has 0 radical (unpaired) electrons. The van der Waals surface area contributed by atoms with E-state index in [9.17, 15) is 9.90 Å². The van der Waals surface area contributed by atoms with Gasteiger partial charge in [-0.1, -0.05) is 32.1 Å². The monoisotopic (exact) mass is 376 g/mol. The molecule has 7 heteroatoms. The van der Waals surface area contributed by atoms with Crippen LogP contribution in [0.1, 0.15) is 64.4 Å². The van der Waals surface area contributed by atoms with Crippen LogP contribution in [0.3, 0.4) is 0 Å². The Morgan fingerprint density at radius 1 is 1.19 bits per heavy atom. The van der Waals surface area contributed by atoms with Crippen molar-refractivity contribution in [2.75, 3.05) is 36.5 Å². The number of nitrogens with zero attached hydrogens (tertiary/aromatic N) is 3. The highest BCUT2D eigenvalue weighted by Crippen LogP contribution is 2.32. The van der Waals surface area contributed by atoms with Gasteiger partial charge in [-0.3, -0.25) is 4.79 Å². The molecule has 0 amide bonds. The number of anilines is 2. The van der Waals surface area contributed by atoms with E-state index in [1.807, 2.05) is 0 Å². The molecule has 0 aromatic carbocycles. The molecule has 0 bridgehead atoms. The number of hydrogen-bond donors (Lipinski definition) is 2. The molecule has 150 valence electrons. The van der Waals surface area contributed by atoms with Gasteiger partial charge in [-0.2, -0.15) is 4.98 Å². The van der Waals surface area contributed by atoms with Crippen LogP contribution in [0.2, 0.25) is 0 Å². The van der Waals surface area contributed by atoms with E-state index in [0.29, 0.717) is 49.7 Å². The Labute approximate surface area is 161 Å². The van der Waals surface area contributed by atoms with Gasteiger partial charge in [-0.05, 0) is 26.7 Å². The van der Waals surface area contributed by atoms with Crippen molar-refractivity contribution in [3.63, 3.8) is 0 Å². The maximum absolute atomic E-state index is 11.8. The van der Waals surface area contributed by atoms with E-state index in [2.05, 4.69) is 15.2 Å². The summed E-state index contributed by atoms with van der Waals surface area (Å²) in [5.41, 5.74) is -0.396. The van der Waals surface area contributed by atoms with Gasteiger partial charge in [0.1, 0.15) is 5.82 Å². The Bertz CT molecular complexity index is 636. The first-order valence-corrected chi connectivity index (χ1v) is 10.2. The zero-order chi connectivity index (χ0) is 19.3. The molecule has 2 fully saturated rings. The molecule has 7 nitrogen and oxygen atoms in total. The van der Waals surface area contributed by atoms with Crippen molar-refractivity contribution in [2.24, 2.45) is 0 Å². The summed E-state index contributed by atoms with van der Waals surface area (Å²) in [5, 5.41) is 13.2. The van der Waals surface area contributed by atoms with E-state index < -0.39 is 11.4 Å². The summed E-state index contributed by atoms with van der Waals surface area (Å²) in [4.78, 5) is 23.2. The summed E-state index contributed by atoms with van der Waals surface area (Å²) in [5.74, 6) is 0.447.